The van der Waals surface area contributed by atoms with Gasteiger partial charge in [0.2, 0.25) is 0 Å². The van der Waals surface area contributed by atoms with Gasteiger partial charge in [-0.3, -0.25) is 9.59 Å². The molecule has 4 rings (SSSR count). The highest BCUT2D eigenvalue weighted by Gasteiger charge is 2.27. The third-order valence-corrected chi connectivity index (χ3v) is 5.53. The average Bonchev–Trinajstić information content (AvgIpc) is 2.79. The maximum Gasteiger partial charge on any atom is 0.256 e. The van der Waals surface area contributed by atoms with E-state index in [4.69, 9.17) is 0 Å². The fourth-order valence-electron chi connectivity index (χ4n) is 3.72. The van der Waals surface area contributed by atoms with Crippen molar-refractivity contribution in [3.63, 3.8) is 0 Å². The van der Waals surface area contributed by atoms with E-state index in [1.165, 1.54) is 24.3 Å². The van der Waals surface area contributed by atoms with E-state index < -0.39 is 5.82 Å². The van der Waals surface area contributed by atoms with Gasteiger partial charge in [-0.1, -0.05) is 42.0 Å². The molecule has 158 valence electrons. The van der Waals surface area contributed by atoms with Gasteiger partial charge < -0.3 is 14.9 Å². The molecule has 0 aliphatic carbocycles. The largest absolute Gasteiger partial charge is 0.508 e. The zero-order valence-corrected chi connectivity index (χ0v) is 17.2. The van der Waals surface area contributed by atoms with Crippen molar-refractivity contribution in [3.05, 3.63) is 89.2 Å². The first-order valence-electron chi connectivity index (χ1n) is 10.2. The van der Waals surface area contributed by atoms with Crippen LogP contribution in [0.1, 0.15) is 26.3 Å². The summed E-state index contributed by atoms with van der Waals surface area (Å²) >= 11 is 0. The molecule has 1 N–H and O–H groups in total. The predicted molar refractivity (Wildman–Crippen MR) is 116 cm³/mol. The second-order valence-corrected chi connectivity index (χ2v) is 7.70. The molecule has 31 heavy (non-hydrogen) atoms. The summed E-state index contributed by atoms with van der Waals surface area (Å²) in [4.78, 5) is 28.7. The fraction of sp³-hybridized carbons (Fsp3) is 0.200. The summed E-state index contributed by atoms with van der Waals surface area (Å²) in [6.45, 7) is 3.33. The molecule has 0 unspecified atom stereocenters. The first-order chi connectivity index (χ1) is 14.9. The summed E-state index contributed by atoms with van der Waals surface area (Å²) in [5.74, 6) is -1.10. The van der Waals surface area contributed by atoms with Crippen molar-refractivity contribution in [1.29, 1.82) is 0 Å². The molecule has 1 heterocycles. The number of nitrogens with zero attached hydrogens (tertiary/aromatic N) is 2. The summed E-state index contributed by atoms with van der Waals surface area (Å²) in [7, 11) is 0. The molecule has 2 amide bonds. The number of halogens is 1. The molecule has 0 aromatic heterocycles. The van der Waals surface area contributed by atoms with E-state index in [9.17, 15) is 19.1 Å². The van der Waals surface area contributed by atoms with Crippen LogP contribution in [0.3, 0.4) is 0 Å². The highest BCUT2D eigenvalue weighted by Crippen LogP contribution is 2.24. The van der Waals surface area contributed by atoms with Crippen molar-refractivity contribution in [2.75, 3.05) is 26.2 Å². The fourth-order valence-corrected chi connectivity index (χ4v) is 3.72. The van der Waals surface area contributed by atoms with Gasteiger partial charge in [-0.2, -0.15) is 0 Å². The topological polar surface area (TPSA) is 60.9 Å². The zero-order chi connectivity index (χ0) is 22.0. The molecule has 6 heteroatoms. The lowest BCUT2D eigenvalue weighted by Gasteiger charge is -2.35. The maximum atomic E-state index is 14.7. The number of hydrogen-bond acceptors (Lipinski definition) is 3. The number of rotatable bonds is 3. The van der Waals surface area contributed by atoms with Crippen molar-refractivity contribution in [2.45, 2.75) is 6.92 Å². The van der Waals surface area contributed by atoms with E-state index in [2.05, 4.69) is 0 Å². The van der Waals surface area contributed by atoms with Crippen molar-refractivity contribution >= 4 is 11.8 Å². The number of carbonyl (C=O) groups excluding carboxylic acids is 2. The zero-order valence-electron chi connectivity index (χ0n) is 17.2. The molecule has 3 aromatic rings. The van der Waals surface area contributed by atoms with Crippen LogP contribution in [0, 0.1) is 12.7 Å². The Hall–Kier alpha value is -3.67. The van der Waals surface area contributed by atoms with Gasteiger partial charge in [0.25, 0.3) is 11.8 Å². The van der Waals surface area contributed by atoms with Gasteiger partial charge in [0.1, 0.15) is 11.6 Å². The third-order valence-electron chi connectivity index (χ3n) is 5.53. The smallest absolute Gasteiger partial charge is 0.256 e. The van der Waals surface area contributed by atoms with E-state index >= 15 is 0 Å². The Labute approximate surface area is 180 Å². The Balaban J connectivity index is 1.42. The number of aryl methyl sites for hydroxylation is 1. The molecular formula is C25H23FN2O3. The van der Waals surface area contributed by atoms with Crippen LogP contribution < -0.4 is 0 Å². The first kappa shape index (κ1) is 20.6. The number of aromatic hydroxyl groups is 1. The predicted octanol–water partition coefficient (Wildman–Crippen LogP) is 4.10. The number of phenols is 1. The average molecular weight is 418 g/mol. The van der Waals surface area contributed by atoms with E-state index in [0.717, 1.165) is 16.7 Å². The lowest BCUT2D eigenvalue weighted by atomic mass is 10.0. The third kappa shape index (κ3) is 4.43. The lowest BCUT2D eigenvalue weighted by molar-refractivity contribution is 0.0532. The monoisotopic (exact) mass is 418 g/mol. The van der Waals surface area contributed by atoms with Gasteiger partial charge in [0.15, 0.2) is 0 Å². The minimum Gasteiger partial charge on any atom is -0.508 e. The standard InChI is InChI=1S/C25H23FN2O3/c1-17-5-7-18(8-6-17)19-9-10-22(23(26)16-19)25(31)28-13-11-27(12-14-28)24(30)20-3-2-4-21(29)15-20/h2-10,15-16,29H,11-14H2,1H3. The maximum absolute atomic E-state index is 14.7. The van der Waals surface area contributed by atoms with Crippen LogP contribution in [0.25, 0.3) is 11.1 Å². The van der Waals surface area contributed by atoms with Crippen molar-refractivity contribution in [3.8, 4) is 16.9 Å². The minimum absolute atomic E-state index is 0.0311. The second kappa shape index (κ2) is 8.60. The van der Waals surface area contributed by atoms with E-state index in [1.807, 2.05) is 31.2 Å². The Kier molecular flexibility index (Phi) is 5.71. The van der Waals surface area contributed by atoms with Gasteiger partial charge >= 0.3 is 0 Å². The summed E-state index contributed by atoms with van der Waals surface area (Å²) in [6.07, 6.45) is 0. The van der Waals surface area contributed by atoms with Crippen molar-refractivity contribution < 1.29 is 19.1 Å². The molecule has 1 saturated heterocycles. The van der Waals surface area contributed by atoms with Gasteiger partial charge in [0.05, 0.1) is 5.56 Å². The molecule has 0 atom stereocenters. The highest BCUT2D eigenvalue weighted by atomic mass is 19.1. The van der Waals surface area contributed by atoms with E-state index in [-0.39, 0.29) is 23.1 Å². The van der Waals surface area contributed by atoms with Crippen LogP contribution in [0.2, 0.25) is 0 Å². The quantitative estimate of drug-likeness (QED) is 0.697. The molecule has 0 saturated carbocycles. The van der Waals surface area contributed by atoms with Gasteiger partial charge in [-0.05, 0) is 48.4 Å². The minimum atomic E-state index is -0.554. The lowest BCUT2D eigenvalue weighted by Crippen LogP contribution is -2.50. The van der Waals surface area contributed by atoms with E-state index in [1.54, 1.807) is 28.0 Å². The number of piperazine rings is 1. The van der Waals surface area contributed by atoms with Crippen LogP contribution in [-0.2, 0) is 0 Å². The number of amides is 2. The van der Waals surface area contributed by atoms with E-state index in [0.29, 0.717) is 31.7 Å². The molecule has 0 bridgehead atoms. The molecule has 0 radical (unpaired) electrons. The number of benzene rings is 3. The molecule has 1 aliphatic rings. The number of phenolic OH excluding ortho intramolecular Hbond substituents is 1. The van der Waals surface area contributed by atoms with Crippen LogP contribution in [0.4, 0.5) is 4.39 Å². The number of hydrogen-bond donors (Lipinski definition) is 1. The molecular weight excluding hydrogens is 395 g/mol. The van der Waals surface area contributed by atoms with Gasteiger partial charge in [-0.25, -0.2) is 4.39 Å². The van der Waals surface area contributed by atoms with Crippen LogP contribution in [-0.4, -0.2) is 52.9 Å². The molecule has 5 nitrogen and oxygen atoms in total. The second-order valence-electron chi connectivity index (χ2n) is 7.70. The molecule has 3 aromatic carbocycles. The Morgan fingerprint density at radius 1 is 0.806 bits per heavy atom. The Morgan fingerprint density at radius 3 is 2.03 bits per heavy atom. The molecule has 1 aliphatic heterocycles. The van der Waals surface area contributed by atoms with Gasteiger partial charge in [-0.15, -0.1) is 0 Å². The molecule has 0 spiro atoms. The van der Waals surface area contributed by atoms with Crippen molar-refractivity contribution in [1.82, 2.24) is 9.80 Å². The normalized spacial score (nSPS) is 13.9. The first-order valence-corrected chi connectivity index (χ1v) is 10.2. The van der Waals surface area contributed by atoms with Crippen LogP contribution >= 0.6 is 0 Å². The summed E-state index contributed by atoms with van der Waals surface area (Å²) < 4.78 is 14.7. The van der Waals surface area contributed by atoms with Gasteiger partial charge in [0, 0.05) is 31.7 Å². The summed E-state index contributed by atoms with van der Waals surface area (Å²) in [6, 6.07) is 18.6. The Bertz CT molecular complexity index is 1120. The molecule has 1 fully saturated rings. The summed E-state index contributed by atoms with van der Waals surface area (Å²) in [5.41, 5.74) is 3.16. The SMILES string of the molecule is Cc1ccc(-c2ccc(C(=O)N3CCN(C(=O)c4cccc(O)c4)CC3)c(F)c2)cc1. The highest BCUT2D eigenvalue weighted by molar-refractivity contribution is 5.96. The van der Waals surface area contributed by atoms with Crippen LogP contribution in [0.15, 0.2) is 66.7 Å². The summed E-state index contributed by atoms with van der Waals surface area (Å²) in [5, 5.41) is 9.57. The number of carbonyl (C=O) groups is 2. The van der Waals surface area contributed by atoms with Crippen LogP contribution in [0.5, 0.6) is 5.75 Å². The Morgan fingerprint density at radius 2 is 1.42 bits per heavy atom. The van der Waals surface area contributed by atoms with Crippen molar-refractivity contribution in [2.24, 2.45) is 0 Å².